The van der Waals surface area contributed by atoms with Gasteiger partial charge in [-0.25, -0.2) is 4.68 Å². The van der Waals surface area contributed by atoms with Crippen LogP contribution in [0.25, 0.3) is 0 Å². The van der Waals surface area contributed by atoms with E-state index in [0.717, 1.165) is 35.4 Å². The van der Waals surface area contributed by atoms with E-state index in [1.807, 2.05) is 17.0 Å². The van der Waals surface area contributed by atoms with Gasteiger partial charge in [-0.3, -0.25) is 4.99 Å². The van der Waals surface area contributed by atoms with E-state index in [-0.39, 0.29) is 0 Å². The fraction of sp³-hybridized carbons (Fsp3) is 0.238. The minimum atomic E-state index is 0.769. The van der Waals surface area contributed by atoms with Gasteiger partial charge < -0.3 is 0 Å². The van der Waals surface area contributed by atoms with Crippen LogP contribution >= 0.6 is 11.3 Å². The molecule has 0 amide bonds. The highest BCUT2D eigenvalue weighted by Gasteiger charge is 1.99. The van der Waals surface area contributed by atoms with E-state index < -0.39 is 0 Å². The maximum absolute atomic E-state index is 4.73. The monoisotopic (exact) mass is 349 g/mol. The van der Waals surface area contributed by atoms with Crippen LogP contribution in [-0.4, -0.2) is 17.4 Å². The van der Waals surface area contributed by atoms with Gasteiger partial charge in [0.15, 0.2) is 0 Å². The van der Waals surface area contributed by atoms with Gasteiger partial charge in [0, 0.05) is 11.9 Å². The van der Waals surface area contributed by atoms with Crippen molar-refractivity contribution in [3.05, 3.63) is 87.2 Å². The van der Waals surface area contributed by atoms with Crippen molar-refractivity contribution in [1.29, 1.82) is 0 Å². The van der Waals surface area contributed by atoms with Crippen molar-refractivity contribution in [3.63, 3.8) is 0 Å². The number of hydrogen-bond donors (Lipinski definition) is 0. The molecule has 0 saturated carbocycles. The van der Waals surface area contributed by atoms with Gasteiger partial charge >= 0.3 is 0 Å². The predicted octanol–water partition coefficient (Wildman–Crippen LogP) is 4.45. The molecule has 0 fully saturated rings. The second-order valence-corrected chi connectivity index (χ2v) is 6.77. The van der Waals surface area contributed by atoms with Crippen LogP contribution in [-0.2, 0) is 12.8 Å². The molecule has 0 N–H and O–H groups in total. The lowest BCUT2D eigenvalue weighted by Gasteiger charge is -2.00. The topological polar surface area (TPSA) is 29.6 Å². The van der Waals surface area contributed by atoms with Crippen LogP contribution in [0.3, 0.4) is 0 Å². The van der Waals surface area contributed by atoms with Gasteiger partial charge in [0.2, 0.25) is 4.80 Å². The average Bonchev–Trinajstić information content (AvgIpc) is 3.01. The second-order valence-electron chi connectivity index (χ2n) is 5.93. The van der Waals surface area contributed by atoms with Crippen molar-refractivity contribution < 1.29 is 0 Å². The molecule has 0 bridgehead atoms. The first-order chi connectivity index (χ1) is 12.3. The maximum atomic E-state index is 4.73. The number of thiazole rings is 1. The van der Waals surface area contributed by atoms with Crippen LogP contribution in [0.15, 0.2) is 70.1 Å². The van der Waals surface area contributed by atoms with E-state index in [9.17, 15) is 0 Å². The number of hydrogen-bond acceptors (Lipinski definition) is 3. The highest BCUT2D eigenvalue weighted by molar-refractivity contribution is 7.07. The molecule has 0 atom stereocenters. The molecular weight excluding hydrogens is 326 g/mol. The molecule has 3 aromatic rings. The van der Waals surface area contributed by atoms with Crippen LogP contribution in [0.4, 0.5) is 0 Å². The molecule has 25 heavy (non-hydrogen) atoms. The van der Waals surface area contributed by atoms with Gasteiger partial charge in [-0.05, 0) is 36.5 Å². The lowest BCUT2D eigenvalue weighted by atomic mass is 10.1. The molecule has 1 heterocycles. The van der Waals surface area contributed by atoms with E-state index in [2.05, 4.69) is 72.9 Å². The fourth-order valence-corrected chi connectivity index (χ4v) is 3.36. The fourth-order valence-electron chi connectivity index (χ4n) is 2.52. The Morgan fingerprint density at radius 3 is 2.48 bits per heavy atom. The molecule has 0 radical (unpaired) electrons. The number of aryl methyl sites for hydroxylation is 2. The Morgan fingerprint density at radius 1 is 1.00 bits per heavy atom. The Morgan fingerprint density at radius 2 is 1.76 bits per heavy atom. The van der Waals surface area contributed by atoms with E-state index in [4.69, 9.17) is 4.99 Å². The molecule has 128 valence electrons. The third kappa shape index (κ3) is 4.77. The van der Waals surface area contributed by atoms with Crippen LogP contribution < -0.4 is 4.80 Å². The van der Waals surface area contributed by atoms with Crippen LogP contribution in [0.5, 0.6) is 0 Å². The summed E-state index contributed by atoms with van der Waals surface area (Å²) in [7, 11) is 0. The first kappa shape index (κ1) is 17.4. The molecule has 0 spiro atoms. The zero-order chi connectivity index (χ0) is 17.5. The van der Waals surface area contributed by atoms with Crippen LogP contribution in [0.2, 0.25) is 0 Å². The summed E-state index contributed by atoms with van der Waals surface area (Å²) < 4.78 is 1.92. The van der Waals surface area contributed by atoms with E-state index in [0.29, 0.717) is 0 Å². The third-order valence-electron chi connectivity index (χ3n) is 4.05. The van der Waals surface area contributed by atoms with E-state index in [1.54, 1.807) is 11.3 Å². The van der Waals surface area contributed by atoms with Crippen LogP contribution in [0.1, 0.15) is 29.3 Å². The molecule has 0 aliphatic heterocycles. The van der Waals surface area contributed by atoms with Crippen molar-refractivity contribution in [1.82, 2.24) is 4.68 Å². The minimum absolute atomic E-state index is 0.769. The summed E-state index contributed by atoms with van der Waals surface area (Å²) in [5.74, 6) is 0. The first-order valence-corrected chi connectivity index (χ1v) is 9.49. The summed E-state index contributed by atoms with van der Waals surface area (Å²) in [6.07, 6.45) is 3.90. The molecule has 0 unspecified atom stereocenters. The van der Waals surface area contributed by atoms with Gasteiger partial charge in [0.1, 0.15) is 0 Å². The average molecular weight is 350 g/mol. The smallest absolute Gasteiger partial charge is 0.205 e. The van der Waals surface area contributed by atoms with Crippen molar-refractivity contribution in [2.24, 2.45) is 10.1 Å². The summed E-state index contributed by atoms with van der Waals surface area (Å²) in [5, 5.41) is 6.72. The summed E-state index contributed by atoms with van der Waals surface area (Å²) in [6, 6.07) is 19.0. The molecule has 0 aliphatic carbocycles. The standard InChI is InChI=1S/C21H23N3S/c1-3-18-9-11-20(12-10-18)15-23-24-17(2)16-25-21(24)22-14-13-19-7-5-4-6-8-19/h4-12,15-16H,3,13-14H2,1-2H3. The maximum Gasteiger partial charge on any atom is 0.205 e. The van der Waals surface area contributed by atoms with Gasteiger partial charge in [0.25, 0.3) is 0 Å². The summed E-state index contributed by atoms with van der Waals surface area (Å²) >= 11 is 1.64. The molecule has 3 nitrogen and oxygen atoms in total. The highest BCUT2D eigenvalue weighted by atomic mass is 32.1. The molecule has 3 rings (SSSR count). The molecule has 2 aromatic carbocycles. The van der Waals surface area contributed by atoms with Gasteiger partial charge in [0.05, 0.1) is 11.9 Å². The van der Waals surface area contributed by atoms with Crippen LogP contribution in [0, 0.1) is 6.92 Å². The Hall–Kier alpha value is -2.46. The quantitative estimate of drug-likeness (QED) is 0.589. The SMILES string of the molecule is CCc1ccc(C=Nn2c(C)csc2=NCCc2ccccc2)cc1. The largest absolute Gasteiger partial charge is 0.257 e. The molecule has 4 heteroatoms. The lowest BCUT2D eigenvalue weighted by Crippen LogP contribution is -2.13. The molecular formula is C21H23N3S. The van der Waals surface area contributed by atoms with Crippen molar-refractivity contribution >= 4 is 17.6 Å². The summed E-state index contributed by atoms with van der Waals surface area (Å²) in [5.41, 5.74) is 4.86. The Labute approximate surface area is 153 Å². The van der Waals surface area contributed by atoms with Crippen molar-refractivity contribution in [2.75, 3.05) is 6.54 Å². The van der Waals surface area contributed by atoms with Gasteiger partial charge in [-0.2, -0.15) is 5.10 Å². The zero-order valence-corrected chi connectivity index (χ0v) is 15.5. The van der Waals surface area contributed by atoms with Crippen molar-refractivity contribution in [3.8, 4) is 0 Å². The highest BCUT2D eigenvalue weighted by Crippen LogP contribution is 2.05. The predicted molar refractivity (Wildman–Crippen MR) is 106 cm³/mol. The number of aromatic nitrogens is 1. The zero-order valence-electron chi connectivity index (χ0n) is 14.7. The summed E-state index contributed by atoms with van der Waals surface area (Å²) in [6.45, 7) is 4.99. The molecule has 0 aliphatic rings. The van der Waals surface area contributed by atoms with E-state index in [1.165, 1.54) is 11.1 Å². The molecule has 0 saturated heterocycles. The normalized spacial score (nSPS) is 12.2. The number of rotatable bonds is 6. The lowest BCUT2D eigenvalue weighted by molar-refractivity contribution is 0.783. The van der Waals surface area contributed by atoms with E-state index >= 15 is 0 Å². The first-order valence-electron chi connectivity index (χ1n) is 8.61. The Balaban J connectivity index is 1.74. The second kappa shape index (κ2) is 8.58. The van der Waals surface area contributed by atoms with Crippen molar-refractivity contribution in [2.45, 2.75) is 26.7 Å². The number of benzene rings is 2. The Kier molecular flexibility index (Phi) is 5.96. The number of nitrogens with zero attached hydrogens (tertiary/aromatic N) is 3. The summed E-state index contributed by atoms with van der Waals surface area (Å²) in [4.78, 5) is 5.67. The Bertz CT molecular complexity index is 887. The molecule has 1 aromatic heterocycles. The van der Waals surface area contributed by atoms with Gasteiger partial charge in [-0.15, -0.1) is 11.3 Å². The minimum Gasteiger partial charge on any atom is -0.257 e. The third-order valence-corrected chi connectivity index (χ3v) is 5.02. The van der Waals surface area contributed by atoms with Gasteiger partial charge in [-0.1, -0.05) is 61.5 Å².